The Morgan fingerprint density at radius 3 is 2.54 bits per heavy atom. The summed E-state index contributed by atoms with van der Waals surface area (Å²) in [5.74, 6) is -1.86. The smallest absolute Gasteiger partial charge is 0.297 e. The van der Waals surface area contributed by atoms with Crippen molar-refractivity contribution in [1.82, 2.24) is 10.2 Å². The van der Waals surface area contributed by atoms with Crippen molar-refractivity contribution in [3.05, 3.63) is 115 Å². The Labute approximate surface area is 228 Å². The lowest BCUT2D eigenvalue weighted by Gasteiger charge is -2.32. The number of aryl methyl sites for hydroxylation is 1. The van der Waals surface area contributed by atoms with E-state index in [4.69, 9.17) is 16.0 Å². The molecule has 2 aromatic heterocycles. The molecule has 2 aliphatic rings. The van der Waals surface area contributed by atoms with Gasteiger partial charge in [-0.05, 0) is 48.9 Å². The van der Waals surface area contributed by atoms with E-state index in [1.807, 2.05) is 0 Å². The first-order valence-electron chi connectivity index (χ1n) is 11.9. The summed E-state index contributed by atoms with van der Waals surface area (Å²) in [5.41, 5.74) is -0.783. The number of aromatic nitrogens is 2. The third kappa shape index (κ3) is 3.18. The zero-order chi connectivity index (χ0) is 27.1. The van der Waals surface area contributed by atoms with Crippen LogP contribution in [0.15, 0.2) is 75.9 Å². The largest absolute Gasteiger partial charge is 0.450 e. The molecule has 0 saturated carbocycles. The van der Waals surface area contributed by atoms with Crippen LogP contribution in [0.3, 0.4) is 0 Å². The fourth-order valence-electron chi connectivity index (χ4n) is 5.44. The molecule has 3 aromatic carbocycles. The Morgan fingerprint density at radius 1 is 1.03 bits per heavy atom. The Bertz CT molecular complexity index is 1920. The summed E-state index contributed by atoms with van der Waals surface area (Å²) in [7, 11) is 0. The zero-order valence-electron chi connectivity index (χ0n) is 20.1. The van der Waals surface area contributed by atoms with E-state index in [1.54, 1.807) is 49.4 Å². The first kappa shape index (κ1) is 23.7. The first-order chi connectivity index (χ1) is 18.8. The summed E-state index contributed by atoms with van der Waals surface area (Å²) in [6.07, 6.45) is 0. The third-order valence-electron chi connectivity index (χ3n) is 7.05. The number of halogens is 2. The molecule has 1 atom stereocenters. The Morgan fingerprint density at radius 2 is 1.79 bits per heavy atom. The van der Waals surface area contributed by atoms with E-state index in [9.17, 15) is 18.8 Å². The van der Waals surface area contributed by atoms with E-state index < -0.39 is 28.6 Å². The van der Waals surface area contributed by atoms with Crippen LogP contribution in [0.2, 0.25) is 5.02 Å². The summed E-state index contributed by atoms with van der Waals surface area (Å²) >= 11 is 7.33. The van der Waals surface area contributed by atoms with E-state index in [1.165, 1.54) is 34.1 Å². The molecule has 7 rings (SSSR count). The van der Waals surface area contributed by atoms with E-state index >= 15 is 0 Å². The molecule has 0 saturated heterocycles. The van der Waals surface area contributed by atoms with Crippen LogP contribution in [0.4, 0.5) is 15.2 Å². The van der Waals surface area contributed by atoms with Crippen LogP contribution in [-0.4, -0.2) is 22.0 Å². The molecule has 192 valence electrons. The standard InChI is InChI=1S/C28H16ClFN4O4S/c1-14-31-32-27(39-14)34-25(36)24-22(23(35)18-12-16(29)8-11-21(18)38-24)28(34)19-4-2-3-5-20(19)33(26(28)37)13-15-6-9-17(30)10-7-15/h2-12H,13H2,1H3. The van der Waals surface area contributed by atoms with Gasteiger partial charge in [0.15, 0.2) is 11.0 Å². The molecule has 0 N–H and O–H groups in total. The van der Waals surface area contributed by atoms with Crippen molar-refractivity contribution < 1.29 is 18.4 Å². The number of anilines is 2. The average molecular weight is 559 g/mol. The molecule has 1 spiro atoms. The molecule has 4 heterocycles. The van der Waals surface area contributed by atoms with Gasteiger partial charge in [-0.3, -0.25) is 19.3 Å². The minimum Gasteiger partial charge on any atom is -0.450 e. The number of amides is 2. The molecule has 11 heteroatoms. The summed E-state index contributed by atoms with van der Waals surface area (Å²) in [4.78, 5) is 45.7. The SMILES string of the molecule is Cc1nnc(N2C(=O)c3oc4ccc(Cl)cc4c(=O)c3C23C(=O)N(Cc2ccc(F)cc2)c2ccccc23)s1. The predicted octanol–water partition coefficient (Wildman–Crippen LogP) is 5.20. The number of carbonyl (C=O) groups is 2. The second-order valence-electron chi connectivity index (χ2n) is 9.27. The zero-order valence-corrected chi connectivity index (χ0v) is 21.7. The summed E-state index contributed by atoms with van der Waals surface area (Å²) < 4.78 is 19.6. The summed E-state index contributed by atoms with van der Waals surface area (Å²) in [5, 5.41) is 9.42. The number of para-hydroxylation sites is 1. The summed E-state index contributed by atoms with van der Waals surface area (Å²) in [6, 6.07) is 17.3. The van der Waals surface area contributed by atoms with Crippen molar-refractivity contribution in [3.8, 4) is 0 Å². The van der Waals surface area contributed by atoms with E-state index in [0.717, 1.165) is 11.3 Å². The van der Waals surface area contributed by atoms with Crippen LogP contribution in [0.1, 0.15) is 32.3 Å². The van der Waals surface area contributed by atoms with Gasteiger partial charge in [0.25, 0.3) is 11.8 Å². The maximum absolute atomic E-state index is 14.7. The lowest BCUT2D eigenvalue weighted by molar-refractivity contribution is -0.121. The van der Waals surface area contributed by atoms with Crippen LogP contribution < -0.4 is 15.2 Å². The summed E-state index contributed by atoms with van der Waals surface area (Å²) in [6.45, 7) is 1.81. The number of nitrogens with zero attached hydrogens (tertiary/aromatic N) is 4. The Hall–Kier alpha value is -4.41. The maximum atomic E-state index is 14.7. The Kier molecular flexibility index (Phi) is 5.04. The molecule has 5 aromatic rings. The maximum Gasteiger partial charge on any atom is 0.297 e. The number of rotatable bonds is 3. The van der Waals surface area contributed by atoms with Gasteiger partial charge in [-0.25, -0.2) is 4.39 Å². The van der Waals surface area contributed by atoms with Crippen LogP contribution in [0.5, 0.6) is 0 Å². The molecular formula is C28H16ClFN4O4S. The highest BCUT2D eigenvalue weighted by molar-refractivity contribution is 7.15. The van der Waals surface area contributed by atoms with Crippen molar-refractivity contribution >= 4 is 56.5 Å². The van der Waals surface area contributed by atoms with Gasteiger partial charge < -0.3 is 9.32 Å². The highest BCUT2D eigenvalue weighted by atomic mass is 35.5. The Balaban J connectivity index is 1.56. The first-order valence-corrected chi connectivity index (χ1v) is 13.1. The van der Waals surface area contributed by atoms with Gasteiger partial charge in [0, 0.05) is 10.6 Å². The predicted molar refractivity (Wildman–Crippen MR) is 144 cm³/mol. The van der Waals surface area contributed by atoms with Crippen molar-refractivity contribution in [1.29, 1.82) is 0 Å². The van der Waals surface area contributed by atoms with E-state index in [2.05, 4.69) is 10.2 Å². The second kappa shape index (κ2) is 8.29. The highest BCUT2D eigenvalue weighted by Crippen LogP contribution is 2.54. The highest BCUT2D eigenvalue weighted by Gasteiger charge is 2.66. The van der Waals surface area contributed by atoms with Gasteiger partial charge >= 0.3 is 0 Å². The molecular weight excluding hydrogens is 543 g/mol. The average Bonchev–Trinajstić information content (AvgIpc) is 3.54. The minimum absolute atomic E-state index is 0.0785. The third-order valence-corrected chi connectivity index (χ3v) is 8.11. The van der Waals surface area contributed by atoms with Gasteiger partial charge in [0.05, 0.1) is 23.2 Å². The molecule has 1 unspecified atom stereocenters. The molecule has 2 aliphatic heterocycles. The van der Waals surface area contributed by atoms with Gasteiger partial charge in [-0.2, -0.15) is 0 Å². The number of fused-ring (bicyclic) bond motifs is 5. The van der Waals surface area contributed by atoms with Gasteiger partial charge in [-0.1, -0.05) is 53.3 Å². The topological polar surface area (TPSA) is 96.6 Å². The van der Waals surface area contributed by atoms with Crippen molar-refractivity contribution in [3.63, 3.8) is 0 Å². The second-order valence-corrected chi connectivity index (χ2v) is 10.9. The molecule has 0 radical (unpaired) electrons. The molecule has 0 bridgehead atoms. The lowest BCUT2D eigenvalue weighted by Crippen LogP contribution is -2.53. The number of hydrogen-bond acceptors (Lipinski definition) is 7. The lowest BCUT2D eigenvalue weighted by atomic mass is 9.84. The van der Waals surface area contributed by atoms with Gasteiger partial charge in [-0.15, -0.1) is 10.2 Å². The van der Waals surface area contributed by atoms with Gasteiger partial charge in [0.1, 0.15) is 16.4 Å². The van der Waals surface area contributed by atoms with Crippen molar-refractivity contribution in [2.24, 2.45) is 0 Å². The molecule has 8 nitrogen and oxygen atoms in total. The molecule has 0 fully saturated rings. The fourth-order valence-corrected chi connectivity index (χ4v) is 6.35. The molecule has 0 aliphatic carbocycles. The minimum atomic E-state index is -1.90. The van der Waals surface area contributed by atoms with Crippen LogP contribution in [-0.2, 0) is 16.9 Å². The van der Waals surface area contributed by atoms with E-state index in [-0.39, 0.29) is 34.0 Å². The van der Waals surface area contributed by atoms with Crippen LogP contribution >= 0.6 is 22.9 Å². The number of carbonyl (C=O) groups excluding carboxylic acids is 2. The number of benzene rings is 3. The molecule has 2 amide bonds. The van der Waals surface area contributed by atoms with Gasteiger partial charge in [0.2, 0.25) is 10.9 Å². The molecule has 39 heavy (non-hydrogen) atoms. The monoisotopic (exact) mass is 558 g/mol. The van der Waals surface area contributed by atoms with Crippen molar-refractivity contribution in [2.45, 2.75) is 19.0 Å². The van der Waals surface area contributed by atoms with Crippen LogP contribution in [0, 0.1) is 12.7 Å². The quantitative estimate of drug-likeness (QED) is 0.302. The van der Waals surface area contributed by atoms with E-state index in [0.29, 0.717) is 26.8 Å². The van der Waals surface area contributed by atoms with Crippen LogP contribution in [0.25, 0.3) is 11.0 Å². The normalized spacial score (nSPS) is 17.9. The fraction of sp³-hybridized carbons (Fsp3) is 0.107. The number of hydrogen-bond donors (Lipinski definition) is 0. The van der Waals surface area contributed by atoms with Crippen molar-refractivity contribution in [2.75, 3.05) is 9.80 Å².